The Morgan fingerprint density at radius 3 is 2.89 bits per heavy atom. The standard InChI is InChI=1S/C15H27NO3/c1-2-19-9-6-14(18)16-8-3-7-15(11-16,12-17)10-13-4-5-13/h13,17H,2-12H2,1H3/t15-/m0/s1. The molecule has 4 nitrogen and oxygen atoms in total. The van der Waals surface area contributed by atoms with Gasteiger partial charge in [0.15, 0.2) is 0 Å². The lowest BCUT2D eigenvalue weighted by Gasteiger charge is -2.42. The smallest absolute Gasteiger partial charge is 0.224 e. The molecular formula is C15H27NO3. The van der Waals surface area contributed by atoms with Crippen molar-refractivity contribution in [2.45, 2.75) is 45.4 Å². The van der Waals surface area contributed by atoms with Crippen molar-refractivity contribution in [3.05, 3.63) is 0 Å². The summed E-state index contributed by atoms with van der Waals surface area (Å²) in [5.41, 5.74) is -0.0271. The third-order valence-electron chi connectivity index (χ3n) is 4.43. The number of nitrogens with zero attached hydrogens (tertiary/aromatic N) is 1. The van der Waals surface area contributed by atoms with Gasteiger partial charge in [-0.2, -0.15) is 0 Å². The second-order valence-corrected chi connectivity index (χ2v) is 6.17. The van der Waals surface area contributed by atoms with Crippen LogP contribution in [0.2, 0.25) is 0 Å². The van der Waals surface area contributed by atoms with Gasteiger partial charge in [0.05, 0.1) is 19.6 Å². The number of likely N-dealkylation sites (tertiary alicyclic amines) is 1. The summed E-state index contributed by atoms with van der Waals surface area (Å²) in [6.07, 6.45) is 6.26. The molecule has 19 heavy (non-hydrogen) atoms. The molecule has 1 amide bonds. The van der Waals surface area contributed by atoms with Crippen molar-refractivity contribution >= 4 is 5.91 Å². The number of hydrogen-bond donors (Lipinski definition) is 1. The van der Waals surface area contributed by atoms with Gasteiger partial charge in [-0.05, 0) is 32.1 Å². The third-order valence-corrected chi connectivity index (χ3v) is 4.43. The Balaban J connectivity index is 1.85. The van der Waals surface area contributed by atoms with Crippen LogP contribution < -0.4 is 0 Å². The molecular weight excluding hydrogens is 242 g/mol. The molecule has 0 radical (unpaired) electrons. The molecule has 1 heterocycles. The number of carbonyl (C=O) groups is 1. The van der Waals surface area contributed by atoms with Crippen molar-refractivity contribution in [3.63, 3.8) is 0 Å². The van der Waals surface area contributed by atoms with Gasteiger partial charge in [-0.15, -0.1) is 0 Å². The van der Waals surface area contributed by atoms with E-state index < -0.39 is 0 Å². The van der Waals surface area contributed by atoms with Gasteiger partial charge in [0.1, 0.15) is 0 Å². The summed E-state index contributed by atoms with van der Waals surface area (Å²) in [4.78, 5) is 14.1. The van der Waals surface area contributed by atoms with E-state index >= 15 is 0 Å². The summed E-state index contributed by atoms with van der Waals surface area (Å²) in [5, 5.41) is 9.77. The van der Waals surface area contributed by atoms with Gasteiger partial charge in [0.2, 0.25) is 5.91 Å². The van der Waals surface area contributed by atoms with Crippen LogP contribution in [0.15, 0.2) is 0 Å². The minimum absolute atomic E-state index is 0.0271. The molecule has 0 aromatic carbocycles. The number of aliphatic hydroxyl groups is 1. The first-order chi connectivity index (χ1) is 9.19. The number of rotatable bonds is 7. The summed E-state index contributed by atoms with van der Waals surface area (Å²) in [6, 6.07) is 0. The second kappa shape index (κ2) is 6.71. The van der Waals surface area contributed by atoms with Crippen molar-refractivity contribution < 1.29 is 14.6 Å². The van der Waals surface area contributed by atoms with E-state index in [-0.39, 0.29) is 17.9 Å². The first-order valence-electron chi connectivity index (χ1n) is 7.65. The molecule has 1 aliphatic heterocycles. The average molecular weight is 269 g/mol. The molecule has 1 saturated heterocycles. The monoisotopic (exact) mass is 269 g/mol. The second-order valence-electron chi connectivity index (χ2n) is 6.17. The van der Waals surface area contributed by atoms with E-state index in [1.807, 2.05) is 11.8 Å². The van der Waals surface area contributed by atoms with Crippen molar-refractivity contribution in [1.29, 1.82) is 0 Å². The highest BCUT2D eigenvalue weighted by molar-refractivity contribution is 5.76. The van der Waals surface area contributed by atoms with Gasteiger partial charge >= 0.3 is 0 Å². The zero-order valence-corrected chi connectivity index (χ0v) is 12.1. The lowest BCUT2D eigenvalue weighted by molar-refractivity contribution is -0.137. The van der Waals surface area contributed by atoms with Crippen LogP contribution in [-0.2, 0) is 9.53 Å². The van der Waals surface area contributed by atoms with Crippen molar-refractivity contribution in [1.82, 2.24) is 4.90 Å². The van der Waals surface area contributed by atoms with Crippen LogP contribution in [0.25, 0.3) is 0 Å². The molecule has 2 fully saturated rings. The summed E-state index contributed by atoms with van der Waals surface area (Å²) in [5.74, 6) is 0.979. The molecule has 2 rings (SSSR count). The Morgan fingerprint density at radius 2 is 2.26 bits per heavy atom. The van der Waals surface area contributed by atoms with E-state index in [2.05, 4.69) is 0 Å². The Kier molecular flexibility index (Phi) is 5.22. The van der Waals surface area contributed by atoms with Crippen molar-refractivity contribution in [2.75, 3.05) is 32.9 Å². The largest absolute Gasteiger partial charge is 0.396 e. The van der Waals surface area contributed by atoms with Crippen LogP contribution in [0, 0.1) is 11.3 Å². The van der Waals surface area contributed by atoms with Gasteiger partial charge in [0, 0.05) is 25.1 Å². The molecule has 0 aromatic rings. The maximum Gasteiger partial charge on any atom is 0.224 e. The van der Waals surface area contributed by atoms with Crippen LogP contribution >= 0.6 is 0 Å². The first-order valence-corrected chi connectivity index (χ1v) is 7.65. The van der Waals surface area contributed by atoms with E-state index in [0.29, 0.717) is 19.6 Å². The highest BCUT2D eigenvalue weighted by Gasteiger charge is 2.40. The first kappa shape index (κ1) is 14.8. The molecule has 110 valence electrons. The number of piperidine rings is 1. The van der Waals surface area contributed by atoms with Crippen LogP contribution in [0.4, 0.5) is 0 Å². The number of amides is 1. The van der Waals surface area contributed by atoms with Gasteiger partial charge in [-0.3, -0.25) is 4.79 Å². The number of carbonyl (C=O) groups excluding carboxylic acids is 1. The molecule has 0 bridgehead atoms. The zero-order valence-electron chi connectivity index (χ0n) is 12.1. The van der Waals surface area contributed by atoms with Crippen LogP contribution in [0.5, 0.6) is 0 Å². The van der Waals surface area contributed by atoms with E-state index in [1.54, 1.807) is 0 Å². The predicted molar refractivity (Wildman–Crippen MR) is 73.8 cm³/mol. The van der Waals surface area contributed by atoms with Crippen molar-refractivity contribution in [2.24, 2.45) is 11.3 Å². The summed E-state index contributed by atoms with van der Waals surface area (Å²) < 4.78 is 5.25. The quantitative estimate of drug-likeness (QED) is 0.717. The number of hydrogen-bond acceptors (Lipinski definition) is 3. The third kappa shape index (κ3) is 4.18. The van der Waals surface area contributed by atoms with Gasteiger partial charge in [-0.25, -0.2) is 0 Å². The van der Waals surface area contributed by atoms with Crippen LogP contribution in [0.3, 0.4) is 0 Å². The molecule has 4 heteroatoms. The lowest BCUT2D eigenvalue weighted by atomic mass is 9.76. The highest BCUT2D eigenvalue weighted by Crippen LogP contribution is 2.44. The number of aliphatic hydroxyl groups excluding tert-OH is 1. The van der Waals surface area contributed by atoms with Gasteiger partial charge < -0.3 is 14.7 Å². The fourth-order valence-electron chi connectivity index (χ4n) is 3.18. The molecule has 1 atom stereocenters. The van der Waals surface area contributed by atoms with E-state index in [4.69, 9.17) is 4.74 Å². The SMILES string of the molecule is CCOCCC(=O)N1CCC[C@](CO)(CC2CC2)C1. The summed E-state index contributed by atoms with van der Waals surface area (Å²) >= 11 is 0. The molecule has 2 aliphatic rings. The molecule has 0 aromatic heterocycles. The average Bonchev–Trinajstić information content (AvgIpc) is 3.23. The van der Waals surface area contributed by atoms with Crippen LogP contribution in [0.1, 0.15) is 45.4 Å². The molecule has 0 spiro atoms. The Bertz CT molecular complexity index is 304. The zero-order chi connectivity index (χ0) is 13.7. The highest BCUT2D eigenvalue weighted by atomic mass is 16.5. The fraction of sp³-hybridized carbons (Fsp3) is 0.933. The Morgan fingerprint density at radius 1 is 1.47 bits per heavy atom. The Labute approximate surface area is 116 Å². The minimum atomic E-state index is -0.0271. The maximum absolute atomic E-state index is 12.1. The fourth-order valence-corrected chi connectivity index (χ4v) is 3.18. The summed E-state index contributed by atoms with van der Waals surface area (Å²) in [7, 11) is 0. The normalized spacial score (nSPS) is 27.6. The van der Waals surface area contributed by atoms with Gasteiger partial charge in [-0.1, -0.05) is 12.8 Å². The molecule has 1 saturated carbocycles. The topological polar surface area (TPSA) is 49.8 Å². The van der Waals surface area contributed by atoms with Gasteiger partial charge in [0.25, 0.3) is 0 Å². The molecule has 0 unspecified atom stereocenters. The number of ether oxygens (including phenoxy) is 1. The van der Waals surface area contributed by atoms with E-state index in [1.165, 1.54) is 12.8 Å². The summed E-state index contributed by atoms with van der Waals surface area (Å²) in [6.45, 7) is 4.93. The predicted octanol–water partition coefficient (Wildman–Crippen LogP) is 1.81. The van der Waals surface area contributed by atoms with E-state index in [0.717, 1.165) is 38.3 Å². The molecule has 1 aliphatic carbocycles. The van der Waals surface area contributed by atoms with E-state index in [9.17, 15) is 9.90 Å². The van der Waals surface area contributed by atoms with Crippen molar-refractivity contribution in [3.8, 4) is 0 Å². The maximum atomic E-state index is 12.1. The molecule has 1 N–H and O–H groups in total. The minimum Gasteiger partial charge on any atom is -0.396 e. The van der Waals surface area contributed by atoms with Crippen LogP contribution in [-0.4, -0.2) is 48.8 Å². The lowest BCUT2D eigenvalue weighted by Crippen LogP contribution is -2.48. The Hall–Kier alpha value is -0.610.